The van der Waals surface area contributed by atoms with Crippen molar-refractivity contribution in [3.63, 3.8) is 0 Å². The molecular formula is C20H16F3N3O3. The van der Waals surface area contributed by atoms with Crippen molar-refractivity contribution in [3.8, 4) is 0 Å². The van der Waals surface area contributed by atoms with Crippen LogP contribution in [0.2, 0.25) is 0 Å². The third kappa shape index (κ3) is 4.45. The highest BCUT2D eigenvalue weighted by Gasteiger charge is 2.38. The van der Waals surface area contributed by atoms with Gasteiger partial charge in [-0.3, -0.25) is 9.59 Å². The predicted octanol–water partition coefficient (Wildman–Crippen LogP) is 4.40. The second kappa shape index (κ2) is 7.78. The first-order valence-corrected chi connectivity index (χ1v) is 8.48. The standard InChI is InChI=1S/C20H16F3N3O3/c1-11-15-5-3-4-6-16(15)29-17(11)18(27)26-25-12(2)13-7-9-14(10-8-13)24-19(28)20(21,22)23/h3-10H,1-2H3,(H,24,28)(H,26,27)/b25-12-. The van der Waals surface area contributed by atoms with Gasteiger partial charge in [-0.1, -0.05) is 30.3 Å². The van der Waals surface area contributed by atoms with Gasteiger partial charge in [0.1, 0.15) is 5.58 Å². The zero-order valence-corrected chi connectivity index (χ0v) is 15.4. The Bertz CT molecular complexity index is 1100. The van der Waals surface area contributed by atoms with Crippen molar-refractivity contribution >= 4 is 34.2 Å². The number of halogens is 3. The quantitative estimate of drug-likeness (QED) is 0.500. The molecular weight excluding hydrogens is 387 g/mol. The first-order chi connectivity index (χ1) is 13.7. The summed E-state index contributed by atoms with van der Waals surface area (Å²) in [6.07, 6.45) is -4.96. The van der Waals surface area contributed by atoms with Gasteiger partial charge in [-0.25, -0.2) is 5.43 Å². The molecule has 3 aromatic rings. The van der Waals surface area contributed by atoms with Gasteiger partial charge in [0.25, 0.3) is 0 Å². The number of fused-ring (bicyclic) bond motifs is 1. The maximum Gasteiger partial charge on any atom is 0.471 e. The highest BCUT2D eigenvalue weighted by molar-refractivity contribution is 6.02. The number of nitrogens with zero attached hydrogens (tertiary/aromatic N) is 1. The number of amides is 2. The van der Waals surface area contributed by atoms with Gasteiger partial charge in [0.2, 0.25) is 0 Å². The molecule has 3 rings (SSSR count). The van der Waals surface area contributed by atoms with Gasteiger partial charge >= 0.3 is 18.0 Å². The highest BCUT2D eigenvalue weighted by Crippen LogP contribution is 2.24. The van der Waals surface area contributed by atoms with Gasteiger partial charge < -0.3 is 9.73 Å². The number of alkyl halides is 3. The fourth-order valence-electron chi connectivity index (χ4n) is 2.64. The van der Waals surface area contributed by atoms with Crippen molar-refractivity contribution < 1.29 is 27.2 Å². The molecule has 0 unspecified atom stereocenters. The molecule has 1 heterocycles. The van der Waals surface area contributed by atoms with Crippen LogP contribution in [0.3, 0.4) is 0 Å². The lowest BCUT2D eigenvalue weighted by Gasteiger charge is -2.08. The largest absolute Gasteiger partial charge is 0.471 e. The van der Waals surface area contributed by atoms with Crippen LogP contribution in [0, 0.1) is 6.92 Å². The van der Waals surface area contributed by atoms with Crippen LogP contribution in [-0.4, -0.2) is 23.7 Å². The SMILES string of the molecule is C/C(=N/NC(=O)c1oc2ccccc2c1C)c1ccc(NC(=O)C(F)(F)F)cc1. The molecule has 0 saturated carbocycles. The minimum atomic E-state index is -4.96. The monoisotopic (exact) mass is 403 g/mol. The van der Waals surface area contributed by atoms with Gasteiger partial charge in [-0.05, 0) is 37.6 Å². The summed E-state index contributed by atoms with van der Waals surface area (Å²) in [5, 5.41) is 6.58. The van der Waals surface area contributed by atoms with Crippen molar-refractivity contribution in [1.82, 2.24) is 5.43 Å². The molecule has 0 bridgehead atoms. The number of carbonyl (C=O) groups is 2. The summed E-state index contributed by atoms with van der Waals surface area (Å²) in [6, 6.07) is 12.8. The molecule has 0 aliphatic carbocycles. The molecule has 2 N–H and O–H groups in total. The summed E-state index contributed by atoms with van der Waals surface area (Å²) in [5.41, 5.74) is 4.64. The summed E-state index contributed by atoms with van der Waals surface area (Å²) < 4.78 is 42.4. The van der Waals surface area contributed by atoms with Crippen LogP contribution in [0.5, 0.6) is 0 Å². The molecule has 0 atom stereocenters. The lowest BCUT2D eigenvalue weighted by atomic mass is 10.1. The van der Waals surface area contributed by atoms with Crippen LogP contribution in [0.4, 0.5) is 18.9 Å². The van der Waals surface area contributed by atoms with E-state index in [1.54, 1.807) is 31.3 Å². The number of carbonyl (C=O) groups excluding carboxylic acids is 2. The number of rotatable bonds is 4. The van der Waals surface area contributed by atoms with Gasteiger partial charge in [0.15, 0.2) is 5.76 Å². The smallest absolute Gasteiger partial charge is 0.451 e. The number of hydrogen-bond donors (Lipinski definition) is 2. The molecule has 0 fully saturated rings. The molecule has 0 saturated heterocycles. The Balaban J connectivity index is 1.70. The lowest BCUT2D eigenvalue weighted by Crippen LogP contribution is -2.29. The van der Waals surface area contributed by atoms with Crippen LogP contribution >= 0.6 is 0 Å². The number of nitrogens with one attached hydrogen (secondary N) is 2. The van der Waals surface area contributed by atoms with E-state index in [0.717, 1.165) is 5.39 Å². The molecule has 0 radical (unpaired) electrons. The summed E-state index contributed by atoms with van der Waals surface area (Å²) in [6.45, 7) is 3.39. The van der Waals surface area contributed by atoms with E-state index >= 15 is 0 Å². The van der Waals surface area contributed by atoms with Crippen LogP contribution in [0.25, 0.3) is 11.0 Å². The average molecular weight is 403 g/mol. The molecule has 2 amide bonds. The molecule has 29 heavy (non-hydrogen) atoms. The highest BCUT2D eigenvalue weighted by atomic mass is 19.4. The second-order valence-electron chi connectivity index (χ2n) is 6.22. The van der Waals surface area contributed by atoms with Crippen molar-refractivity contribution in [2.45, 2.75) is 20.0 Å². The minimum absolute atomic E-state index is 0.00851. The van der Waals surface area contributed by atoms with Gasteiger partial charge in [0, 0.05) is 16.6 Å². The Labute approximate surface area is 163 Å². The first kappa shape index (κ1) is 20.1. The molecule has 0 spiro atoms. The fraction of sp³-hybridized carbons (Fsp3) is 0.150. The molecule has 6 nitrogen and oxygen atoms in total. The Morgan fingerprint density at radius 2 is 1.69 bits per heavy atom. The van der Waals surface area contributed by atoms with Crippen molar-refractivity contribution in [2.24, 2.45) is 5.10 Å². The van der Waals surface area contributed by atoms with E-state index in [0.29, 0.717) is 22.4 Å². The fourth-order valence-corrected chi connectivity index (χ4v) is 2.64. The van der Waals surface area contributed by atoms with Gasteiger partial charge in [-0.2, -0.15) is 18.3 Å². The first-order valence-electron chi connectivity index (χ1n) is 8.48. The third-order valence-corrected chi connectivity index (χ3v) is 4.19. The number of benzene rings is 2. The van der Waals surface area contributed by atoms with Crippen LogP contribution in [0.15, 0.2) is 58.0 Å². The van der Waals surface area contributed by atoms with Gasteiger partial charge in [-0.15, -0.1) is 0 Å². The van der Waals surface area contributed by atoms with E-state index in [9.17, 15) is 22.8 Å². The van der Waals surface area contributed by atoms with Crippen molar-refractivity contribution in [2.75, 3.05) is 5.32 Å². The van der Waals surface area contributed by atoms with Crippen LogP contribution in [-0.2, 0) is 4.79 Å². The summed E-state index contributed by atoms with van der Waals surface area (Å²) >= 11 is 0. The third-order valence-electron chi connectivity index (χ3n) is 4.19. The predicted molar refractivity (Wildman–Crippen MR) is 102 cm³/mol. The normalized spacial score (nSPS) is 12.1. The summed E-state index contributed by atoms with van der Waals surface area (Å²) in [7, 11) is 0. The molecule has 2 aromatic carbocycles. The maximum absolute atomic E-state index is 12.4. The second-order valence-corrected chi connectivity index (χ2v) is 6.22. The number of anilines is 1. The Hall–Kier alpha value is -3.62. The number of para-hydroxylation sites is 1. The lowest BCUT2D eigenvalue weighted by molar-refractivity contribution is -0.167. The molecule has 150 valence electrons. The average Bonchev–Trinajstić information content (AvgIpc) is 3.03. The topological polar surface area (TPSA) is 83.7 Å². The van der Waals surface area contributed by atoms with E-state index < -0.39 is 18.0 Å². The zero-order valence-electron chi connectivity index (χ0n) is 15.4. The number of furan rings is 1. The summed E-state index contributed by atoms with van der Waals surface area (Å²) in [5.74, 6) is -2.43. The van der Waals surface area contributed by atoms with E-state index in [1.807, 2.05) is 12.1 Å². The van der Waals surface area contributed by atoms with E-state index in [-0.39, 0.29) is 11.4 Å². The minimum Gasteiger partial charge on any atom is -0.451 e. The van der Waals surface area contributed by atoms with Gasteiger partial charge in [0.05, 0.1) is 5.71 Å². The molecule has 1 aromatic heterocycles. The van der Waals surface area contributed by atoms with Crippen molar-refractivity contribution in [3.05, 3.63) is 65.4 Å². The number of hydrazone groups is 1. The van der Waals surface area contributed by atoms with Crippen LogP contribution < -0.4 is 10.7 Å². The Morgan fingerprint density at radius 1 is 1.03 bits per heavy atom. The number of aryl methyl sites for hydroxylation is 1. The van der Waals surface area contributed by atoms with E-state index in [4.69, 9.17) is 4.42 Å². The van der Waals surface area contributed by atoms with Crippen molar-refractivity contribution in [1.29, 1.82) is 0 Å². The van der Waals surface area contributed by atoms with Crippen LogP contribution in [0.1, 0.15) is 28.6 Å². The Morgan fingerprint density at radius 3 is 2.31 bits per heavy atom. The van der Waals surface area contributed by atoms with E-state index in [2.05, 4.69) is 10.5 Å². The number of hydrogen-bond acceptors (Lipinski definition) is 4. The molecule has 0 aliphatic rings. The van der Waals surface area contributed by atoms with E-state index in [1.165, 1.54) is 24.3 Å². The maximum atomic E-state index is 12.4. The molecule has 0 aliphatic heterocycles. The summed E-state index contributed by atoms with van der Waals surface area (Å²) in [4.78, 5) is 23.3. The zero-order chi connectivity index (χ0) is 21.2. The molecule has 9 heteroatoms. The Kier molecular flexibility index (Phi) is 5.40.